The Kier molecular flexibility index (Phi) is 4.80. The third-order valence-corrected chi connectivity index (χ3v) is 3.93. The van der Waals surface area contributed by atoms with Gasteiger partial charge in [0.05, 0.1) is 6.54 Å². The molecule has 0 aromatic rings. The van der Waals surface area contributed by atoms with Crippen LogP contribution in [0.2, 0.25) is 0 Å². The molecule has 4 nitrogen and oxygen atoms in total. The molecule has 4 heteroatoms. The first-order valence-electron chi connectivity index (χ1n) is 6.92. The zero-order chi connectivity index (χ0) is 12.1. The predicted octanol–water partition coefficient (Wildman–Crippen LogP) is 0.587. The zero-order valence-electron chi connectivity index (χ0n) is 10.9. The van der Waals surface area contributed by atoms with E-state index >= 15 is 0 Å². The van der Waals surface area contributed by atoms with Crippen molar-refractivity contribution < 1.29 is 4.79 Å². The van der Waals surface area contributed by atoms with E-state index in [1.807, 2.05) is 0 Å². The number of hydrogen-bond acceptors (Lipinski definition) is 3. The molecule has 2 aliphatic rings. The van der Waals surface area contributed by atoms with Gasteiger partial charge in [0.1, 0.15) is 0 Å². The van der Waals surface area contributed by atoms with Gasteiger partial charge in [-0.1, -0.05) is 12.8 Å². The highest BCUT2D eigenvalue weighted by atomic mass is 16.1. The molecule has 1 saturated heterocycles. The van der Waals surface area contributed by atoms with Gasteiger partial charge in [-0.2, -0.15) is 0 Å². The predicted molar refractivity (Wildman–Crippen MR) is 68.9 cm³/mol. The highest BCUT2D eigenvalue weighted by Crippen LogP contribution is 2.17. The van der Waals surface area contributed by atoms with E-state index < -0.39 is 0 Å². The third-order valence-electron chi connectivity index (χ3n) is 3.93. The van der Waals surface area contributed by atoms with E-state index in [0.717, 1.165) is 19.0 Å². The fourth-order valence-electron chi connectivity index (χ4n) is 2.93. The van der Waals surface area contributed by atoms with Crippen molar-refractivity contribution in [1.29, 1.82) is 0 Å². The van der Waals surface area contributed by atoms with Crippen LogP contribution in [-0.2, 0) is 4.79 Å². The molecule has 1 heterocycles. The molecule has 98 valence electrons. The van der Waals surface area contributed by atoms with Crippen LogP contribution in [0.25, 0.3) is 0 Å². The number of nitrogens with one attached hydrogen (secondary N) is 2. The molecule has 0 aromatic heterocycles. The lowest BCUT2D eigenvalue weighted by Gasteiger charge is -2.14. The Labute approximate surface area is 104 Å². The van der Waals surface area contributed by atoms with E-state index in [4.69, 9.17) is 0 Å². The Morgan fingerprint density at radius 2 is 2.06 bits per heavy atom. The lowest BCUT2D eigenvalue weighted by molar-refractivity contribution is -0.120. The van der Waals surface area contributed by atoms with Crippen LogP contribution in [0.1, 0.15) is 32.1 Å². The van der Waals surface area contributed by atoms with Crippen molar-refractivity contribution in [3.63, 3.8) is 0 Å². The van der Waals surface area contributed by atoms with Crippen molar-refractivity contribution >= 4 is 5.91 Å². The molecular weight excluding hydrogens is 214 g/mol. The van der Waals surface area contributed by atoms with Gasteiger partial charge >= 0.3 is 0 Å². The number of nitrogens with zero attached hydrogens (tertiary/aromatic N) is 1. The summed E-state index contributed by atoms with van der Waals surface area (Å²) in [6.45, 7) is 3.82. The number of amides is 1. The van der Waals surface area contributed by atoms with Gasteiger partial charge in [0.2, 0.25) is 5.91 Å². The van der Waals surface area contributed by atoms with Crippen LogP contribution in [0.5, 0.6) is 0 Å². The van der Waals surface area contributed by atoms with Gasteiger partial charge in [0.25, 0.3) is 0 Å². The molecule has 0 bridgehead atoms. The van der Waals surface area contributed by atoms with Crippen LogP contribution in [0.3, 0.4) is 0 Å². The molecular formula is C13H25N3O. The SMILES string of the molecule is CN1CCC(CNCC(=O)NC2CCCC2)C1. The molecule has 1 unspecified atom stereocenters. The lowest BCUT2D eigenvalue weighted by Crippen LogP contribution is -2.40. The van der Waals surface area contributed by atoms with E-state index in [9.17, 15) is 4.79 Å². The summed E-state index contributed by atoms with van der Waals surface area (Å²) in [6, 6.07) is 0.446. The van der Waals surface area contributed by atoms with Gasteiger partial charge in [-0.15, -0.1) is 0 Å². The standard InChI is InChI=1S/C13H25N3O/c1-16-7-6-11(10-16)8-14-9-13(17)15-12-4-2-3-5-12/h11-12,14H,2-10H2,1H3,(H,15,17). The molecule has 2 fully saturated rings. The van der Waals surface area contributed by atoms with E-state index in [2.05, 4.69) is 22.6 Å². The average Bonchev–Trinajstić information content (AvgIpc) is 2.90. The second-order valence-corrected chi connectivity index (χ2v) is 5.60. The van der Waals surface area contributed by atoms with Gasteiger partial charge in [-0.25, -0.2) is 0 Å². The Morgan fingerprint density at radius 3 is 2.71 bits per heavy atom. The minimum absolute atomic E-state index is 0.170. The van der Waals surface area contributed by atoms with Crippen molar-refractivity contribution in [1.82, 2.24) is 15.5 Å². The van der Waals surface area contributed by atoms with Crippen molar-refractivity contribution in [2.24, 2.45) is 5.92 Å². The summed E-state index contributed by atoms with van der Waals surface area (Å²) in [5.74, 6) is 0.891. The summed E-state index contributed by atoms with van der Waals surface area (Å²) in [7, 11) is 2.16. The van der Waals surface area contributed by atoms with Crippen molar-refractivity contribution in [3.8, 4) is 0 Å². The van der Waals surface area contributed by atoms with Crippen LogP contribution in [0, 0.1) is 5.92 Å². The highest BCUT2D eigenvalue weighted by molar-refractivity contribution is 5.78. The van der Waals surface area contributed by atoms with Crippen LogP contribution in [-0.4, -0.2) is 50.1 Å². The average molecular weight is 239 g/mol. The Hall–Kier alpha value is -0.610. The zero-order valence-corrected chi connectivity index (χ0v) is 10.9. The Bertz CT molecular complexity index is 251. The molecule has 2 rings (SSSR count). The van der Waals surface area contributed by atoms with Gasteiger partial charge in [0.15, 0.2) is 0 Å². The van der Waals surface area contributed by atoms with Crippen LogP contribution in [0.15, 0.2) is 0 Å². The largest absolute Gasteiger partial charge is 0.352 e. The number of hydrogen-bond donors (Lipinski definition) is 2. The van der Waals surface area contributed by atoms with Crippen LogP contribution >= 0.6 is 0 Å². The maximum Gasteiger partial charge on any atom is 0.234 e. The summed E-state index contributed by atoms with van der Waals surface area (Å²) in [5.41, 5.74) is 0. The summed E-state index contributed by atoms with van der Waals surface area (Å²) < 4.78 is 0. The van der Waals surface area contributed by atoms with Crippen molar-refractivity contribution in [3.05, 3.63) is 0 Å². The smallest absolute Gasteiger partial charge is 0.234 e. The monoisotopic (exact) mass is 239 g/mol. The number of carbonyl (C=O) groups excluding carboxylic acids is 1. The van der Waals surface area contributed by atoms with Gasteiger partial charge in [0, 0.05) is 12.6 Å². The quantitative estimate of drug-likeness (QED) is 0.738. The van der Waals surface area contributed by atoms with Crippen LogP contribution in [0.4, 0.5) is 0 Å². The first-order valence-corrected chi connectivity index (χ1v) is 6.92. The minimum atomic E-state index is 0.170. The lowest BCUT2D eigenvalue weighted by atomic mass is 10.1. The van der Waals surface area contributed by atoms with Crippen molar-refractivity contribution in [2.45, 2.75) is 38.1 Å². The molecule has 0 radical (unpaired) electrons. The Balaban J connectivity index is 1.53. The van der Waals surface area contributed by atoms with E-state index in [0.29, 0.717) is 12.6 Å². The van der Waals surface area contributed by atoms with E-state index in [-0.39, 0.29) is 5.91 Å². The molecule has 17 heavy (non-hydrogen) atoms. The molecule has 1 aliphatic carbocycles. The number of likely N-dealkylation sites (tertiary alicyclic amines) is 1. The summed E-state index contributed by atoms with van der Waals surface area (Å²) in [4.78, 5) is 14.0. The van der Waals surface area contributed by atoms with E-state index in [1.165, 1.54) is 38.6 Å². The summed E-state index contributed by atoms with van der Waals surface area (Å²) in [5, 5.41) is 6.38. The first kappa shape index (κ1) is 12.8. The van der Waals surface area contributed by atoms with E-state index in [1.54, 1.807) is 0 Å². The molecule has 1 aliphatic heterocycles. The first-order chi connectivity index (χ1) is 8.24. The summed E-state index contributed by atoms with van der Waals surface area (Å²) in [6.07, 6.45) is 6.13. The third kappa shape index (κ3) is 4.28. The van der Waals surface area contributed by atoms with Crippen molar-refractivity contribution in [2.75, 3.05) is 33.2 Å². The second-order valence-electron chi connectivity index (χ2n) is 5.60. The number of carbonyl (C=O) groups is 1. The Morgan fingerprint density at radius 1 is 1.29 bits per heavy atom. The molecule has 1 saturated carbocycles. The fourth-order valence-corrected chi connectivity index (χ4v) is 2.93. The number of rotatable bonds is 5. The maximum atomic E-state index is 11.7. The molecule has 1 amide bonds. The molecule has 0 spiro atoms. The topological polar surface area (TPSA) is 44.4 Å². The normalized spacial score (nSPS) is 26.5. The molecule has 1 atom stereocenters. The van der Waals surface area contributed by atoms with Gasteiger partial charge in [-0.05, 0) is 45.3 Å². The van der Waals surface area contributed by atoms with Gasteiger partial charge in [-0.3, -0.25) is 4.79 Å². The molecule has 0 aromatic carbocycles. The molecule has 2 N–H and O–H groups in total. The highest BCUT2D eigenvalue weighted by Gasteiger charge is 2.20. The van der Waals surface area contributed by atoms with Gasteiger partial charge < -0.3 is 15.5 Å². The summed E-state index contributed by atoms with van der Waals surface area (Å²) >= 11 is 0. The maximum absolute atomic E-state index is 11.7. The fraction of sp³-hybridized carbons (Fsp3) is 0.923. The van der Waals surface area contributed by atoms with Crippen LogP contribution < -0.4 is 10.6 Å². The minimum Gasteiger partial charge on any atom is -0.352 e. The second kappa shape index (κ2) is 6.36.